The van der Waals surface area contributed by atoms with Crippen LogP contribution in [0.4, 0.5) is 4.79 Å². The van der Waals surface area contributed by atoms with Crippen LogP contribution < -0.4 is 10.6 Å². The Kier molecular flexibility index (Phi) is 5.22. The lowest BCUT2D eigenvalue weighted by molar-refractivity contribution is 0.237. The molecule has 2 N–H and O–H groups in total. The number of benzene rings is 1. The highest BCUT2D eigenvalue weighted by Crippen LogP contribution is 2.25. The topological polar surface area (TPSA) is 71.8 Å². The van der Waals surface area contributed by atoms with E-state index in [1.807, 2.05) is 53.4 Å². The molecule has 0 fully saturated rings. The van der Waals surface area contributed by atoms with Crippen molar-refractivity contribution in [2.24, 2.45) is 0 Å². The highest BCUT2D eigenvalue weighted by molar-refractivity contribution is 7.10. The van der Waals surface area contributed by atoms with Crippen LogP contribution in [0.3, 0.4) is 0 Å². The van der Waals surface area contributed by atoms with Gasteiger partial charge in [0.25, 0.3) is 0 Å². The monoisotopic (exact) mass is 341 g/mol. The molecule has 24 heavy (non-hydrogen) atoms. The third-order valence-corrected chi connectivity index (χ3v) is 4.55. The number of hydrogen-bond donors (Lipinski definition) is 2. The second-order valence-electron chi connectivity index (χ2n) is 5.36. The van der Waals surface area contributed by atoms with E-state index >= 15 is 0 Å². The summed E-state index contributed by atoms with van der Waals surface area (Å²) in [6.45, 7) is 3.17. The van der Waals surface area contributed by atoms with Gasteiger partial charge in [0.05, 0.1) is 18.1 Å². The third kappa shape index (κ3) is 4.20. The van der Waals surface area contributed by atoms with Crippen LogP contribution in [0.5, 0.6) is 0 Å². The minimum absolute atomic E-state index is 0.138. The Morgan fingerprint density at radius 2 is 2.17 bits per heavy atom. The number of hydrogen-bond acceptors (Lipinski definition) is 4. The van der Waals surface area contributed by atoms with E-state index in [9.17, 15) is 4.79 Å². The zero-order chi connectivity index (χ0) is 16.8. The first-order chi connectivity index (χ1) is 11.7. The van der Waals surface area contributed by atoms with Gasteiger partial charge >= 0.3 is 6.03 Å². The number of carbonyl (C=O) groups is 1. The lowest BCUT2D eigenvalue weighted by Crippen LogP contribution is -2.38. The summed E-state index contributed by atoms with van der Waals surface area (Å²) in [6.07, 6.45) is 5.31. The van der Waals surface area contributed by atoms with Gasteiger partial charge in [0.1, 0.15) is 5.01 Å². The number of aromatic nitrogens is 3. The van der Waals surface area contributed by atoms with Gasteiger partial charge in [-0.25, -0.2) is 14.8 Å². The summed E-state index contributed by atoms with van der Waals surface area (Å²) in [7, 11) is 0. The number of amides is 2. The number of nitrogens with one attached hydrogen (secondary N) is 2. The molecule has 7 heteroatoms. The van der Waals surface area contributed by atoms with E-state index in [4.69, 9.17) is 0 Å². The van der Waals surface area contributed by atoms with Gasteiger partial charge in [-0.1, -0.05) is 30.3 Å². The van der Waals surface area contributed by atoms with Gasteiger partial charge in [0, 0.05) is 36.4 Å². The minimum atomic E-state index is -0.195. The molecular weight excluding hydrogens is 322 g/mol. The Morgan fingerprint density at radius 3 is 2.92 bits per heavy atom. The van der Waals surface area contributed by atoms with Crippen LogP contribution in [0.15, 0.2) is 54.4 Å². The Hall–Kier alpha value is -2.67. The first-order valence-corrected chi connectivity index (χ1v) is 8.61. The van der Waals surface area contributed by atoms with Crippen LogP contribution in [-0.2, 0) is 6.54 Å². The van der Waals surface area contributed by atoms with Crippen molar-refractivity contribution in [3.63, 3.8) is 0 Å². The summed E-state index contributed by atoms with van der Waals surface area (Å²) in [4.78, 5) is 20.5. The SMILES string of the molecule is CC(NC(=O)NCCn1ccnc1)c1nc(-c2ccccc2)cs1. The number of urea groups is 1. The number of imidazole rings is 1. The van der Waals surface area contributed by atoms with Crippen molar-refractivity contribution in [1.29, 1.82) is 0 Å². The molecule has 2 heterocycles. The first kappa shape index (κ1) is 16.2. The molecule has 1 unspecified atom stereocenters. The fourth-order valence-electron chi connectivity index (χ4n) is 2.25. The predicted octanol–water partition coefficient (Wildman–Crippen LogP) is 3.07. The van der Waals surface area contributed by atoms with Gasteiger partial charge in [-0.15, -0.1) is 11.3 Å². The van der Waals surface area contributed by atoms with Gasteiger partial charge in [0.2, 0.25) is 0 Å². The normalized spacial score (nSPS) is 11.9. The summed E-state index contributed by atoms with van der Waals surface area (Å²) in [6, 6.07) is 9.68. The summed E-state index contributed by atoms with van der Waals surface area (Å²) < 4.78 is 1.91. The van der Waals surface area contributed by atoms with E-state index < -0.39 is 0 Å². The van der Waals surface area contributed by atoms with Crippen molar-refractivity contribution in [1.82, 2.24) is 25.2 Å². The van der Waals surface area contributed by atoms with Crippen LogP contribution >= 0.6 is 11.3 Å². The number of thiazole rings is 1. The number of carbonyl (C=O) groups excluding carboxylic acids is 1. The van der Waals surface area contributed by atoms with Gasteiger partial charge < -0.3 is 15.2 Å². The molecular formula is C17H19N5OS. The fourth-order valence-corrected chi connectivity index (χ4v) is 3.09. The van der Waals surface area contributed by atoms with Crippen LogP contribution in [0.1, 0.15) is 18.0 Å². The molecule has 2 amide bonds. The molecule has 3 rings (SSSR count). The predicted molar refractivity (Wildman–Crippen MR) is 94.7 cm³/mol. The van der Waals surface area contributed by atoms with E-state index in [2.05, 4.69) is 20.6 Å². The molecule has 0 aliphatic rings. The van der Waals surface area contributed by atoms with E-state index in [-0.39, 0.29) is 12.1 Å². The largest absolute Gasteiger partial charge is 0.336 e. The quantitative estimate of drug-likeness (QED) is 0.724. The maximum atomic E-state index is 12.0. The highest BCUT2D eigenvalue weighted by atomic mass is 32.1. The lowest BCUT2D eigenvalue weighted by Gasteiger charge is -2.12. The van der Waals surface area contributed by atoms with Crippen molar-refractivity contribution in [2.75, 3.05) is 6.54 Å². The van der Waals surface area contributed by atoms with E-state index in [1.54, 1.807) is 23.9 Å². The molecule has 2 aromatic heterocycles. The Morgan fingerprint density at radius 1 is 1.33 bits per heavy atom. The zero-order valence-corrected chi connectivity index (χ0v) is 14.2. The van der Waals surface area contributed by atoms with Crippen molar-refractivity contribution in [3.8, 4) is 11.3 Å². The van der Waals surface area contributed by atoms with Crippen molar-refractivity contribution >= 4 is 17.4 Å². The molecule has 6 nitrogen and oxygen atoms in total. The van der Waals surface area contributed by atoms with E-state index in [0.717, 1.165) is 16.3 Å². The van der Waals surface area contributed by atoms with E-state index in [1.165, 1.54) is 0 Å². The third-order valence-electron chi connectivity index (χ3n) is 3.52. The minimum Gasteiger partial charge on any atom is -0.336 e. The molecule has 1 aromatic carbocycles. The molecule has 0 aliphatic heterocycles. The first-order valence-electron chi connectivity index (χ1n) is 7.73. The van der Waals surface area contributed by atoms with Crippen molar-refractivity contribution in [3.05, 3.63) is 59.4 Å². The van der Waals surface area contributed by atoms with Gasteiger partial charge in [-0.2, -0.15) is 0 Å². The smallest absolute Gasteiger partial charge is 0.315 e. The van der Waals surface area contributed by atoms with Crippen LogP contribution in [0.25, 0.3) is 11.3 Å². The van der Waals surface area contributed by atoms with Crippen molar-refractivity contribution < 1.29 is 4.79 Å². The van der Waals surface area contributed by atoms with Crippen LogP contribution in [0, 0.1) is 0 Å². The van der Waals surface area contributed by atoms with Crippen LogP contribution in [0.2, 0.25) is 0 Å². The van der Waals surface area contributed by atoms with Gasteiger partial charge in [-0.05, 0) is 6.92 Å². The van der Waals surface area contributed by atoms with E-state index in [0.29, 0.717) is 13.1 Å². The maximum Gasteiger partial charge on any atom is 0.315 e. The molecule has 0 spiro atoms. The Bertz CT molecular complexity index is 769. The molecule has 0 saturated heterocycles. The average Bonchev–Trinajstić information content (AvgIpc) is 3.27. The summed E-state index contributed by atoms with van der Waals surface area (Å²) in [5.41, 5.74) is 2.02. The summed E-state index contributed by atoms with van der Waals surface area (Å²) in [5, 5.41) is 8.65. The molecule has 0 saturated carbocycles. The van der Waals surface area contributed by atoms with Gasteiger partial charge in [-0.3, -0.25) is 0 Å². The highest BCUT2D eigenvalue weighted by Gasteiger charge is 2.13. The standard InChI is InChI=1S/C17H19N5OS/c1-13(20-17(23)19-8-10-22-9-7-18-12-22)16-21-15(11-24-16)14-5-3-2-4-6-14/h2-7,9,11-13H,8,10H2,1H3,(H2,19,20,23). The molecule has 3 aromatic rings. The summed E-state index contributed by atoms with van der Waals surface area (Å²) >= 11 is 1.55. The Balaban J connectivity index is 1.50. The van der Waals surface area contributed by atoms with Crippen molar-refractivity contribution in [2.45, 2.75) is 19.5 Å². The number of nitrogens with zero attached hydrogens (tertiary/aromatic N) is 3. The van der Waals surface area contributed by atoms with Gasteiger partial charge in [0.15, 0.2) is 0 Å². The molecule has 0 bridgehead atoms. The second kappa shape index (κ2) is 7.74. The number of rotatable bonds is 6. The molecule has 124 valence electrons. The average molecular weight is 341 g/mol. The molecule has 0 aliphatic carbocycles. The molecule has 0 radical (unpaired) electrons. The summed E-state index contributed by atoms with van der Waals surface area (Å²) in [5.74, 6) is 0. The lowest BCUT2D eigenvalue weighted by atomic mass is 10.2. The zero-order valence-electron chi connectivity index (χ0n) is 13.3. The fraction of sp³-hybridized carbons (Fsp3) is 0.235. The Labute approximate surface area is 144 Å². The molecule has 1 atom stereocenters. The van der Waals surface area contributed by atoms with Crippen LogP contribution in [-0.4, -0.2) is 27.1 Å². The maximum absolute atomic E-state index is 12.0. The second-order valence-corrected chi connectivity index (χ2v) is 6.25.